The second-order valence-corrected chi connectivity index (χ2v) is 8.79. The van der Waals surface area contributed by atoms with E-state index in [1.54, 1.807) is 17.8 Å². The van der Waals surface area contributed by atoms with E-state index in [0.29, 0.717) is 33.7 Å². The van der Waals surface area contributed by atoms with Gasteiger partial charge in [-0.05, 0) is 54.4 Å². The molecule has 2 N–H and O–H groups in total. The average Bonchev–Trinajstić information content (AvgIpc) is 3.13. The minimum Gasteiger partial charge on any atom is -0.508 e. The Morgan fingerprint density at radius 1 is 1.24 bits per heavy atom. The molecule has 2 aromatic heterocycles. The van der Waals surface area contributed by atoms with E-state index in [4.69, 9.17) is 6.42 Å². The molecule has 2 fully saturated rings. The Balaban J connectivity index is 1.65. The Kier molecular flexibility index (Phi) is 4.05. The highest BCUT2D eigenvalue weighted by atomic mass is 19.1. The second kappa shape index (κ2) is 6.78. The first-order valence-electron chi connectivity index (χ1n) is 10.7. The quantitative estimate of drug-likeness (QED) is 0.459. The molecule has 5 nitrogen and oxygen atoms in total. The molecular weight excluding hydrogens is 422 g/mol. The lowest BCUT2D eigenvalue weighted by molar-refractivity contribution is 0.476. The number of aromatic nitrogens is 2. The van der Waals surface area contributed by atoms with Crippen LogP contribution < -0.4 is 5.32 Å². The third-order valence-corrected chi connectivity index (χ3v) is 7.19. The minimum absolute atomic E-state index is 0.0209. The second-order valence-electron chi connectivity index (χ2n) is 8.79. The summed E-state index contributed by atoms with van der Waals surface area (Å²) in [6.07, 6.45) is 7.15. The number of phenolic OH excluding ortho intramolecular Hbond substituents is 1. The Bertz CT molecular complexity index is 1580. The summed E-state index contributed by atoms with van der Waals surface area (Å²) >= 11 is 0. The van der Waals surface area contributed by atoms with Gasteiger partial charge < -0.3 is 15.0 Å². The first-order valence-corrected chi connectivity index (χ1v) is 10.7. The molecular formula is C26H18F2N4O. The van der Waals surface area contributed by atoms with Gasteiger partial charge in [-0.3, -0.25) is 4.98 Å². The van der Waals surface area contributed by atoms with Gasteiger partial charge in [-0.2, -0.15) is 5.26 Å². The van der Waals surface area contributed by atoms with Gasteiger partial charge in [0, 0.05) is 35.1 Å². The maximum Gasteiger partial charge on any atom is 0.173 e. The van der Waals surface area contributed by atoms with Crippen LogP contribution in [0.1, 0.15) is 22.7 Å². The van der Waals surface area contributed by atoms with Crippen molar-refractivity contribution in [3.63, 3.8) is 0 Å². The lowest BCUT2D eigenvalue weighted by Crippen LogP contribution is -2.14. The molecule has 1 aliphatic carbocycles. The van der Waals surface area contributed by atoms with Crippen molar-refractivity contribution in [2.75, 3.05) is 13.1 Å². The van der Waals surface area contributed by atoms with Crippen LogP contribution in [0.2, 0.25) is 0 Å². The Hall–Kier alpha value is -3.94. The largest absolute Gasteiger partial charge is 0.508 e. The number of aromatic hydroxyl groups is 1. The Morgan fingerprint density at radius 2 is 2.00 bits per heavy atom. The molecule has 0 spiro atoms. The Labute approximate surface area is 188 Å². The smallest absolute Gasteiger partial charge is 0.173 e. The summed E-state index contributed by atoms with van der Waals surface area (Å²) in [7, 11) is 1.67. The molecule has 1 saturated heterocycles. The van der Waals surface area contributed by atoms with Gasteiger partial charge in [0.15, 0.2) is 5.82 Å². The summed E-state index contributed by atoms with van der Waals surface area (Å²) in [5, 5.41) is 24.9. The average molecular weight is 440 g/mol. The summed E-state index contributed by atoms with van der Waals surface area (Å²) < 4.78 is 32.1. The third-order valence-electron chi connectivity index (χ3n) is 7.19. The van der Waals surface area contributed by atoms with E-state index in [-0.39, 0.29) is 34.0 Å². The zero-order valence-corrected chi connectivity index (χ0v) is 17.7. The van der Waals surface area contributed by atoms with Crippen LogP contribution in [0.3, 0.4) is 0 Å². The monoisotopic (exact) mass is 440 g/mol. The molecule has 0 radical (unpaired) electrons. The van der Waals surface area contributed by atoms with Gasteiger partial charge in [0.1, 0.15) is 29.0 Å². The van der Waals surface area contributed by atoms with E-state index < -0.39 is 11.6 Å². The number of aryl methyl sites for hydroxylation is 1. The van der Waals surface area contributed by atoms with Crippen LogP contribution in [0.25, 0.3) is 32.9 Å². The highest BCUT2D eigenvalue weighted by Gasteiger charge is 2.55. The van der Waals surface area contributed by atoms with Crippen molar-refractivity contribution in [2.45, 2.75) is 5.92 Å². The van der Waals surface area contributed by atoms with Crippen molar-refractivity contribution in [3.8, 4) is 35.4 Å². The van der Waals surface area contributed by atoms with Crippen molar-refractivity contribution in [1.82, 2.24) is 14.9 Å². The molecule has 2 aromatic carbocycles. The van der Waals surface area contributed by atoms with Gasteiger partial charge in [0.05, 0.1) is 11.1 Å². The van der Waals surface area contributed by atoms with Gasteiger partial charge >= 0.3 is 0 Å². The number of terminal acetylenes is 1. The number of hydrogen-bond donors (Lipinski definition) is 2. The highest BCUT2D eigenvalue weighted by molar-refractivity contribution is 6.02. The van der Waals surface area contributed by atoms with Gasteiger partial charge in [-0.1, -0.05) is 12.0 Å². The number of phenols is 1. The van der Waals surface area contributed by atoms with E-state index in [0.717, 1.165) is 18.7 Å². The van der Waals surface area contributed by atoms with Crippen molar-refractivity contribution < 1.29 is 13.9 Å². The fourth-order valence-electron chi connectivity index (χ4n) is 5.68. The predicted octanol–water partition coefficient (Wildman–Crippen LogP) is 4.16. The topological polar surface area (TPSA) is 73.9 Å². The van der Waals surface area contributed by atoms with E-state index in [9.17, 15) is 14.8 Å². The number of piperidine rings is 1. The summed E-state index contributed by atoms with van der Waals surface area (Å²) in [6.45, 7) is 1.78. The number of benzene rings is 2. The molecule has 0 amide bonds. The lowest BCUT2D eigenvalue weighted by Gasteiger charge is -2.12. The third kappa shape index (κ3) is 2.57. The number of halogens is 2. The fourth-order valence-corrected chi connectivity index (χ4v) is 5.68. The van der Waals surface area contributed by atoms with Crippen LogP contribution in [-0.4, -0.2) is 27.7 Å². The molecule has 33 heavy (non-hydrogen) atoms. The molecule has 3 atom stereocenters. The van der Waals surface area contributed by atoms with E-state index in [1.165, 1.54) is 24.3 Å². The van der Waals surface area contributed by atoms with Gasteiger partial charge in [0.2, 0.25) is 0 Å². The maximum atomic E-state index is 16.1. The zero-order chi connectivity index (χ0) is 23.0. The van der Waals surface area contributed by atoms with Crippen molar-refractivity contribution in [2.24, 2.45) is 18.9 Å². The van der Waals surface area contributed by atoms with Gasteiger partial charge in [-0.15, -0.1) is 6.42 Å². The van der Waals surface area contributed by atoms with Crippen LogP contribution in [0.5, 0.6) is 5.75 Å². The molecule has 1 unspecified atom stereocenters. The molecule has 162 valence electrons. The number of nitriles is 1. The summed E-state index contributed by atoms with van der Waals surface area (Å²) in [4.78, 5) is 4.41. The van der Waals surface area contributed by atoms with E-state index in [1.807, 2.05) is 0 Å². The molecule has 3 heterocycles. The normalized spacial score (nSPS) is 21.2. The standard InChI is InChI=1S/C26H18F2N4O/c1-3-14-19(27)5-4-12-6-13(33)7-15(21(12)14)25-24(28)26-18(11-31-25)23(20(8-29)32(26)2)22-16-9-30-10-17(16)22/h1,4-7,11,16-17,22,30,33H,9-10H2,2H3/t16-,17+,22?. The van der Waals surface area contributed by atoms with Crippen LogP contribution in [0.4, 0.5) is 8.78 Å². The summed E-state index contributed by atoms with van der Waals surface area (Å²) in [5.41, 5.74) is 1.66. The molecule has 7 heteroatoms. The molecule has 1 saturated carbocycles. The molecule has 2 aliphatic rings. The first kappa shape index (κ1) is 19.7. The SMILES string of the molecule is C#Cc1c(F)ccc2cc(O)cc(-c3ncc4c(C5[C@H]6CNC[C@@H]56)c(C#N)n(C)c4c3F)c12. The van der Waals surface area contributed by atoms with Crippen LogP contribution in [0.15, 0.2) is 30.5 Å². The molecule has 4 aromatic rings. The van der Waals surface area contributed by atoms with Crippen molar-refractivity contribution in [1.29, 1.82) is 5.26 Å². The molecule has 0 bridgehead atoms. The number of hydrogen-bond acceptors (Lipinski definition) is 4. The number of fused-ring (bicyclic) bond motifs is 3. The zero-order valence-electron chi connectivity index (χ0n) is 17.7. The number of nitrogens with one attached hydrogen (secondary N) is 1. The number of pyridine rings is 1. The van der Waals surface area contributed by atoms with Crippen molar-refractivity contribution in [3.05, 3.63) is 58.9 Å². The van der Waals surface area contributed by atoms with Crippen LogP contribution >= 0.6 is 0 Å². The Morgan fingerprint density at radius 3 is 2.70 bits per heavy atom. The van der Waals surface area contributed by atoms with Gasteiger partial charge in [-0.25, -0.2) is 8.78 Å². The summed E-state index contributed by atoms with van der Waals surface area (Å²) in [5.74, 6) is 2.08. The highest BCUT2D eigenvalue weighted by Crippen LogP contribution is 2.58. The van der Waals surface area contributed by atoms with Crippen molar-refractivity contribution >= 4 is 21.7 Å². The molecule has 1 aliphatic heterocycles. The van der Waals surface area contributed by atoms with Crippen LogP contribution in [-0.2, 0) is 7.05 Å². The van der Waals surface area contributed by atoms with Crippen LogP contribution in [0, 0.1) is 47.1 Å². The van der Waals surface area contributed by atoms with E-state index in [2.05, 4.69) is 22.3 Å². The maximum absolute atomic E-state index is 16.1. The first-order chi connectivity index (χ1) is 16.0. The number of rotatable bonds is 2. The van der Waals surface area contributed by atoms with Gasteiger partial charge in [0.25, 0.3) is 0 Å². The fraction of sp³-hybridized carbons (Fsp3) is 0.231. The minimum atomic E-state index is -0.638. The molecule has 6 rings (SSSR count). The summed E-state index contributed by atoms with van der Waals surface area (Å²) in [6, 6.07) is 7.74. The number of nitrogens with zero attached hydrogens (tertiary/aromatic N) is 3. The lowest BCUT2D eigenvalue weighted by atomic mass is 9.95. The predicted molar refractivity (Wildman–Crippen MR) is 120 cm³/mol. The van der Waals surface area contributed by atoms with E-state index >= 15 is 4.39 Å².